The molecule has 1 amide bonds. The Hall–Kier alpha value is -1.73. The SMILES string of the molecule is NC(=O)[C@H]1CN(c2nc(C3CC3)nc3sc4c(c23)CCCC4)CCO1. The van der Waals surface area contributed by atoms with Crippen molar-refractivity contribution in [3.8, 4) is 0 Å². The third-order valence-corrected chi connectivity index (χ3v) is 6.62. The van der Waals surface area contributed by atoms with E-state index in [9.17, 15) is 4.79 Å². The van der Waals surface area contributed by atoms with Gasteiger partial charge in [0.2, 0.25) is 5.91 Å². The molecule has 6 nitrogen and oxygen atoms in total. The second-order valence-corrected chi connectivity index (χ2v) is 8.36. The maximum Gasteiger partial charge on any atom is 0.248 e. The molecule has 0 bridgehead atoms. The number of hydrogen-bond acceptors (Lipinski definition) is 6. The van der Waals surface area contributed by atoms with Gasteiger partial charge in [-0.25, -0.2) is 9.97 Å². The molecule has 1 aliphatic heterocycles. The second-order valence-electron chi connectivity index (χ2n) is 7.28. The zero-order chi connectivity index (χ0) is 17.0. The van der Waals surface area contributed by atoms with Crippen molar-refractivity contribution < 1.29 is 9.53 Å². The number of morpholine rings is 1. The van der Waals surface area contributed by atoms with Crippen LogP contribution in [0.1, 0.15) is 47.9 Å². The molecule has 0 radical (unpaired) electrons. The van der Waals surface area contributed by atoms with E-state index in [1.807, 2.05) is 11.3 Å². The van der Waals surface area contributed by atoms with Crippen LogP contribution in [0, 0.1) is 0 Å². The molecule has 7 heteroatoms. The van der Waals surface area contributed by atoms with Gasteiger partial charge in [-0.15, -0.1) is 11.3 Å². The number of ether oxygens (including phenoxy) is 1. The molecule has 2 fully saturated rings. The van der Waals surface area contributed by atoms with Gasteiger partial charge in [0.15, 0.2) is 6.10 Å². The smallest absolute Gasteiger partial charge is 0.248 e. The molecule has 3 aliphatic rings. The van der Waals surface area contributed by atoms with E-state index < -0.39 is 12.0 Å². The molecule has 25 heavy (non-hydrogen) atoms. The highest BCUT2D eigenvalue weighted by Crippen LogP contribution is 2.44. The Bertz CT molecular complexity index is 845. The number of amides is 1. The van der Waals surface area contributed by atoms with Gasteiger partial charge in [-0.05, 0) is 44.1 Å². The highest BCUT2D eigenvalue weighted by atomic mass is 32.1. The number of aryl methyl sites for hydroxylation is 2. The van der Waals surface area contributed by atoms with E-state index in [-0.39, 0.29) is 0 Å². The summed E-state index contributed by atoms with van der Waals surface area (Å²) in [5.74, 6) is 2.09. The lowest BCUT2D eigenvalue weighted by Gasteiger charge is -2.33. The van der Waals surface area contributed by atoms with Gasteiger partial charge < -0.3 is 15.4 Å². The van der Waals surface area contributed by atoms with E-state index in [1.54, 1.807) is 0 Å². The summed E-state index contributed by atoms with van der Waals surface area (Å²) in [7, 11) is 0. The summed E-state index contributed by atoms with van der Waals surface area (Å²) in [4.78, 5) is 26.3. The van der Waals surface area contributed by atoms with Crippen LogP contribution in [0.3, 0.4) is 0 Å². The number of aromatic nitrogens is 2. The fraction of sp³-hybridized carbons (Fsp3) is 0.611. The minimum Gasteiger partial charge on any atom is -0.367 e. The largest absolute Gasteiger partial charge is 0.367 e. The molecule has 2 N–H and O–H groups in total. The average Bonchev–Trinajstić information content (AvgIpc) is 3.41. The predicted molar refractivity (Wildman–Crippen MR) is 97.2 cm³/mol. The van der Waals surface area contributed by atoms with E-state index in [0.717, 1.165) is 35.9 Å². The molecule has 3 heterocycles. The van der Waals surface area contributed by atoms with Crippen molar-refractivity contribution in [2.75, 3.05) is 24.6 Å². The van der Waals surface area contributed by atoms with Crippen molar-refractivity contribution >= 4 is 33.3 Å². The van der Waals surface area contributed by atoms with Crippen molar-refractivity contribution in [2.45, 2.75) is 50.5 Å². The summed E-state index contributed by atoms with van der Waals surface area (Å²) in [6, 6.07) is 0. The fourth-order valence-corrected chi connectivity index (χ4v) is 5.18. The van der Waals surface area contributed by atoms with Crippen LogP contribution in [0.2, 0.25) is 0 Å². The van der Waals surface area contributed by atoms with Gasteiger partial charge in [0.25, 0.3) is 0 Å². The number of hydrogen-bond donors (Lipinski definition) is 1. The number of rotatable bonds is 3. The van der Waals surface area contributed by atoms with E-state index in [4.69, 9.17) is 20.4 Å². The average molecular weight is 358 g/mol. The number of fused-ring (bicyclic) bond motifs is 3. The molecule has 0 unspecified atom stereocenters. The highest BCUT2D eigenvalue weighted by Gasteiger charge is 2.33. The molecular formula is C18H22N4O2S. The summed E-state index contributed by atoms with van der Waals surface area (Å²) in [5.41, 5.74) is 6.91. The van der Waals surface area contributed by atoms with Crippen molar-refractivity contribution in [1.29, 1.82) is 0 Å². The first-order valence-corrected chi connectivity index (χ1v) is 10.0. The topological polar surface area (TPSA) is 81.3 Å². The summed E-state index contributed by atoms with van der Waals surface area (Å²) < 4.78 is 5.53. The van der Waals surface area contributed by atoms with Crippen molar-refractivity contribution in [2.24, 2.45) is 5.73 Å². The molecule has 1 atom stereocenters. The lowest BCUT2D eigenvalue weighted by Crippen LogP contribution is -2.48. The zero-order valence-corrected chi connectivity index (χ0v) is 15.0. The number of anilines is 1. The van der Waals surface area contributed by atoms with Crippen molar-refractivity contribution in [3.05, 3.63) is 16.3 Å². The van der Waals surface area contributed by atoms with Gasteiger partial charge >= 0.3 is 0 Å². The first-order chi connectivity index (χ1) is 12.2. The molecule has 2 aliphatic carbocycles. The van der Waals surface area contributed by atoms with E-state index >= 15 is 0 Å². The normalized spacial score (nSPS) is 23.7. The van der Waals surface area contributed by atoms with E-state index in [1.165, 1.54) is 41.5 Å². The molecular weight excluding hydrogens is 336 g/mol. The highest BCUT2D eigenvalue weighted by molar-refractivity contribution is 7.19. The standard InChI is InChI=1S/C18H22N4O2S/c19-15(23)12-9-22(7-8-24-12)17-14-11-3-1-2-4-13(11)25-18(14)21-16(20-17)10-5-6-10/h10,12H,1-9H2,(H2,19,23)/t12-/m1/s1. The summed E-state index contributed by atoms with van der Waals surface area (Å²) >= 11 is 1.84. The summed E-state index contributed by atoms with van der Waals surface area (Å²) in [6.45, 7) is 1.73. The third kappa shape index (κ3) is 2.69. The number of thiophene rings is 1. The zero-order valence-electron chi connectivity index (χ0n) is 14.2. The number of primary amides is 1. The van der Waals surface area contributed by atoms with E-state index in [0.29, 0.717) is 19.1 Å². The Kier molecular flexibility index (Phi) is 3.67. The molecule has 2 aromatic heterocycles. The van der Waals surface area contributed by atoms with Gasteiger partial charge in [0.05, 0.1) is 18.5 Å². The van der Waals surface area contributed by atoms with E-state index in [2.05, 4.69) is 4.90 Å². The Balaban J connectivity index is 1.64. The van der Waals surface area contributed by atoms with Crippen molar-refractivity contribution in [3.63, 3.8) is 0 Å². The van der Waals surface area contributed by atoms with Crippen LogP contribution in [0.5, 0.6) is 0 Å². The quantitative estimate of drug-likeness (QED) is 0.909. The van der Waals surface area contributed by atoms with Crippen molar-refractivity contribution in [1.82, 2.24) is 9.97 Å². The van der Waals surface area contributed by atoms with Gasteiger partial charge in [0, 0.05) is 17.3 Å². The van der Waals surface area contributed by atoms with Gasteiger partial charge in [0.1, 0.15) is 16.5 Å². The Morgan fingerprint density at radius 1 is 1.24 bits per heavy atom. The molecule has 132 valence electrons. The molecule has 1 saturated heterocycles. The number of carbonyl (C=O) groups is 1. The van der Waals surface area contributed by atoms with Crippen LogP contribution in [0.25, 0.3) is 10.2 Å². The monoisotopic (exact) mass is 358 g/mol. The lowest BCUT2D eigenvalue weighted by molar-refractivity contribution is -0.130. The van der Waals surface area contributed by atoms with Gasteiger partial charge in [-0.2, -0.15) is 0 Å². The maximum absolute atomic E-state index is 11.6. The Labute approximate surface area is 150 Å². The molecule has 2 aromatic rings. The van der Waals surface area contributed by atoms with Gasteiger partial charge in [-0.1, -0.05) is 0 Å². The minimum atomic E-state index is -0.558. The summed E-state index contributed by atoms with van der Waals surface area (Å²) in [5, 5.41) is 1.22. The van der Waals surface area contributed by atoms with Crippen LogP contribution < -0.4 is 10.6 Å². The predicted octanol–water partition coefficient (Wildman–Crippen LogP) is 2.14. The molecule has 5 rings (SSSR count). The second kappa shape index (κ2) is 5.92. The fourth-order valence-electron chi connectivity index (χ4n) is 3.92. The first-order valence-electron chi connectivity index (χ1n) is 9.19. The number of nitrogens with two attached hydrogens (primary N) is 1. The minimum absolute atomic E-state index is 0.398. The molecule has 1 saturated carbocycles. The Morgan fingerprint density at radius 3 is 2.88 bits per heavy atom. The molecule has 0 spiro atoms. The lowest BCUT2D eigenvalue weighted by atomic mass is 9.96. The van der Waals surface area contributed by atoms with Gasteiger partial charge in [-0.3, -0.25) is 4.79 Å². The summed E-state index contributed by atoms with van der Waals surface area (Å²) in [6.07, 6.45) is 6.57. The first kappa shape index (κ1) is 15.5. The maximum atomic E-state index is 11.6. The van der Waals surface area contributed by atoms with Crippen LogP contribution >= 0.6 is 11.3 Å². The van der Waals surface area contributed by atoms with Crippen LogP contribution in [-0.4, -0.2) is 41.7 Å². The van der Waals surface area contributed by atoms with Crippen LogP contribution in [0.4, 0.5) is 5.82 Å². The molecule has 0 aromatic carbocycles. The number of nitrogens with zero attached hydrogens (tertiary/aromatic N) is 3. The number of carbonyl (C=O) groups excluding carboxylic acids is 1. The van der Waals surface area contributed by atoms with Crippen LogP contribution in [-0.2, 0) is 22.4 Å². The van der Waals surface area contributed by atoms with Crippen LogP contribution in [0.15, 0.2) is 0 Å². The third-order valence-electron chi connectivity index (χ3n) is 5.44. The Morgan fingerprint density at radius 2 is 2.08 bits per heavy atom.